The van der Waals surface area contributed by atoms with E-state index < -0.39 is 5.82 Å². The summed E-state index contributed by atoms with van der Waals surface area (Å²) in [5.41, 5.74) is 7.58. The Bertz CT molecular complexity index is 1150. The summed E-state index contributed by atoms with van der Waals surface area (Å²) >= 11 is 0. The molecule has 0 radical (unpaired) electrons. The molecule has 0 aliphatic rings. The number of aromatic nitrogens is 1. The van der Waals surface area contributed by atoms with Crippen LogP contribution in [0.2, 0.25) is 0 Å². The van der Waals surface area contributed by atoms with Crippen LogP contribution in [-0.2, 0) is 6.61 Å². The molecule has 1 aromatic heterocycles. The first-order chi connectivity index (χ1) is 14.1. The summed E-state index contributed by atoms with van der Waals surface area (Å²) in [6, 6.07) is 21.2. The molecule has 29 heavy (non-hydrogen) atoms. The number of benzene rings is 3. The summed E-state index contributed by atoms with van der Waals surface area (Å²) in [6.07, 6.45) is 0. The maximum atomic E-state index is 14.0. The molecule has 0 spiro atoms. The molecule has 6 heteroatoms. The Kier molecular flexibility index (Phi) is 5.16. The smallest absolute Gasteiger partial charge is 0.219 e. The monoisotopic (exact) mass is 390 g/mol. The van der Waals surface area contributed by atoms with Gasteiger partial charge in [-0.05, 0) is 29.8 Å². The number of methoxy groups -OCH3 is 1. The van der Waals surface area contributed by atoms with Gasteiger partial charge in [0, 0.05) is 29.3 Å². The first kappa shape index (κ1) is 18.6. The van der Waals surface area contributed by atoms with Crippen molar-refractivity contribution in [1.29, 1.82) is 0 Å². The summed E-state index contributed by atoms with van der Waals surface area (Å²) in [6.45, 7) is 0.398. The van der Waals surface area contributed by atoms with Crippen LogP contribution in [0.5, 0.6) is 23.1 Å². The predicted molar refractivity (Wildman–Crippen MR) is 110 cm³/mol. The van der Waals surface area contributed by atoms with Crippen molar-refractivity contribution in [3.05, 3.63) is 84.2 Å². The van der Waals surface area contributed by atoms with E-state index in [0.29, 0.717) is 29.3 Å². The van der Waals surface area contributed by atoms with E-state index in [4.69, 9.17) is 19.9 Å². The lowest BCUT2D eigenvalue weighted by molar-refractivity contribution is 0.285. The van der Waals surface area contributed by atoms with E-state index in [1.165, 1.54) is 12.1 Å². The van der Waals surface area contributed by atoms with E-state index in [-0.39, 0.29) is 11.6 Å². The lowest BCUT2D eigenvalue weighted by Crippen LogP contribution is -1.98. The average Bonchev–Trinajstić information content (AvgIpc) is 2.74. The van der Waals surface area contributed by atoms with Gasteiger partial charge >= 0.3 is 0 Å². The van der Waals surface area contributed by atoms with Gasteiger partial charge in [-0.15, -0.1) is 0 Å². The van der Waals surface area contributed by atoms with Crippen molar-refractivity contribution in [2.24, 2.45) is 0 Å². The number of halogens is 1. The molecule has 4 aromatic rings. The second kappa shape index (κ2) is 8.06. The molecule has 0 atom stereocenters. The molecule has 2 N–H and O–H groups in total. The normalized spacial score (nSPS) is 10.7. The molecule has 0 amide bonds. The number of pyridine rings is 1. The maximum absolute atomic E-state index is 14.0. The van der Waals surface area contributed by atoms with Crippen LogP contribution in [0.1, 0.15) is 5.56 Å². The molecule has 0 aliphatic heterocycles. The summed E-state index contributed by atoms with van der Waals surface area (Å²) in [7, 11) is 1.59. The zero-order valence-electron chi connectivity index (χ0n) is 15.8. The largest absolute Gasteiger partial charge is 0.493 e. The number of rotatable bonds is 6. The molecular weight excluding hydrogens is 371 g/mol. The third-order valence-electron chi connectivity index (χ3n) is 4.36. The Labute approximate surface area is 167 Å². The number of hydrogen-bond acceptors (Lipinski definition) is 5. The summed E-state index contributed by atoms with van der Waals surface area (Å²) in [5, 5.41) is 0.846. The number of ether oxygens (including phenoxy) is 3. The second-order valence-electron chi connectivity index (χ2n) is 6.41. The fourth-order valence-corrected chi connectivity index (χ4v) is 2.89. The Morgan fingerprint density at radius 3 is 2.48 bits per heavy atom. The van der Waals surface area contributed by atoms with E-state index in [1.807, 2.05) is 42.5 Å². The van der Waals surface area contributed by atoms with Crippen LogP contribution < -0.4 is 19.9 Å². The van der Waals surface area contributed by atoms with Crippen molar-refractivity contribution >= 4 is 16.6 Å². The Hall–Kier alpha value is -3.80. The highest BCUT2D eigenvalue weighted by atomic mass is 19.1. The molecule has 0 saturated heterocycles. The highest BCUT2D eigenvalue weighted by Gasteiger charge is 2.11. The van der Waals surface area contributed by atoms with Gasteiger partial charge in [0.2, 0.25) is 5.88 Å². The van der Waals surface area contributed by atoms with Gasteiger partial charge in [0.05, 0.1) is 12.6 Å². The number of fused-ring (bicyclic) bond motifs is 1. The van der Waals surface area contributed by atoms with E-state index >= 15 is 0 Å². The summed E-state index contributed by atoms with van der Waals surface area (Å²) < 4.78 is 31.0. The molecule has 146 valence electrons. The van der Waals surface area contributed by atoms with Crippen LogP contribution in [-0.4, -0.2) is 12.1 Å². The van der Waals surface area contributed by atoms with Gasteiger partial charge in [0.1, 0.15) is 6.61 Å². The predicted octanol–water partition coefficient (Wildman–Crippen LogP) is 5.34. The fraction of sp³-hybridized carbons (Fsp3) is 0.0870. The zero-order valence-corrected chi connectivity index (χ0v) is 15.8. The van der Waals surface area contributed by atoms with Crippen molar-refractivity contribution < 1.29 is 18.6 Å². The number of nitrogens with two attached hydrogens (primary N) is 1. The van der Waals surface area contributed by atoms with Crippen molar-refractivity contribution in [2.75, 3.05) is 12.8 Å². The van der Waals surface area contributed by atoms with Crippen LogP contribution in [0.3, 0.4) is 0 Å². The third kappa shape index (κ3) is 4.21. The lowest BCUT2D eigenvalue weighted by Gasteiger charge is -2.13. The molecule has 0 saturated carbocycles. The van der Waals surface area contributed by atoms with Crippen molar-refractivity contribution in [2.45, 2.75) is 6.61 Å². The SMILES string of the molecule is COc1cc2ccc(Oc3ccc(N)cc3F)nc2cc1OCc1ccccc1. The molecule has 0 fully saturated rings. The van der Waals surface area contributed by atoms with Crippen LogP contribution in [0, 0.1) is 5.82 Å². The molecule has 3 aromatic carbocycles. The quantitative estimate of drug-likeness (QED) is 0.450. The minimum atomic E-state index is -0.548. The Balaban J connectivity index is 1.62. The van der Waals surface area contributed by atoms with Gasteiger partial charge < -0.3 is 19.9 Å². The van der Waals surface area contributed by atoms with Crippen LogP contribution in [0.15, 0.2) is 72.8 Å². The highest BCUT2D eigenvalue weighted by Crippen LogP contribution is 2.34. The minimum absolute atomic E-state index is 0.0557. The Morgan fingerprint density at radius 1 is 0.897 bits per heavy atom. The number of anilines is 1. The highest BCUT2D eigenvalue weighted by molar-refractivity contribution is 5.83. The first-order valence-electron chi connectivity index (χ1n) is 9.01. The van der Waals surface area contributed by atoms with Crippen LogP contribution in [0.25, 0.3) is 10.9 Å². The zero-order chi connectivity index (χ0) is 20.2. The van der Waals surface area contributed by atoms with E-state index in [1.54, 1.807) is 25.3 Å². The lowest BCUT2D eigenvalue weighted by atomic mass is 10.2. The number of hydrogen-bond donors (Lipinski definition) is 1. The summed E-state index contributed by atoms with van der Waals surface area (Å²) in [5.74, 6) is 0.939. The second-order valence-corrected chi connectivity index (χ2v) is 6.41. The van der Waals surface area contributed by atoms with Crippen LogP contribution >= 0.6 is 0 Å². The Morgan fingerprint density at radius 2 is 1.72 bits per heavy atom. The molecule has 1 heterocycles. The number of nitrogens with zero attached hydrogens (tertiary/aromatic N) is 1. The van der Waals surface area contributed by atoms with Crippen molar-refractivity contribution in [1.82, 2.24) is 4.98 Å². The summed E-state index contributed by atoms with van der Waals surface area (Å²) in [4.78, 5) is 4.47. The topological polar surface area (TPSA) is 66.6 Å². The van der Waals surface area contributed by atoms with E-state index in [0.717, 1.165) is 10.9 Å². The number of nitrogen functional groups attached to an aromatic ring is 1. The average molecular weight is 390 g/mol. The van der Waals surface area contributed by atoms with E-state index in [2.05, 4.69) is 4.98 Å². The van der Waals surface area contributed by atoms with Crippen molar-refractivity contribution in [3.63, 3.8) is 0 Å². The van der Waals surface area contributed by atoms with Gasteiger partial charge in [0.15, 0.2) is 23.1 Å². The van der Waals surface area contributed by atoms with Crippen LogP contribution in [0.4, 0.5) is 10.1 Å². The maximum Gasteiger partial charge on any atom is 0.219 e. The van der Waals surface area contributed by atoms with E-state index in [9.17, 15) is 4.39 Å². The fourth-order valence-electron chi connectivity index (χ4n) is 2.89. The molecule has 0 unspecified atom stereocenters. The molecule has 0 aliphatic carbocycles. The van der Waals surface area contributed by atoms with Gasteiger partial charge in [-0.3, -0.25) is 0 Å². The minimum Gasteiger partial charge on any atom is -0.493 e. The third-order valence-corrected chi connectivity index (χ3v) is 4.36. The molecule has 4 rings (SSSR count). The molecule has 5 nitrogen and oxygen atoms in total. The molecule has 0 bridgehead atoms. The standard InChI is InChI=1S/C23H19FN2O3/c1-27-21-11-16-7-10-23(29-20-9-8-17(25)12-18(20)24)26-19(16)13-22(21)28-14-15-5-3-2-4-6-15/h2-13H,14,25H2,1H3. The van der Waals surface area contributed by atoms with Gasteiger partial charge in [-0.25, -0.2) is 9.37 Å². The van der Waals surface area contributed by atoms with Crippen molar-refractivity contribution in [3.8, 4) is 23.1 Å². The first-order valence-corrected chi connectivity index (χ1v) is 9.01. The van der Waals surface area contributed by atoms with Gasteiger partial charge in [-0.1, -0.05) is 30.3 Å². The van der Waals surface area contributed by atoms with Gasteiger partial charge in [0.25, 0.3) is 0 Å². The molecular formula is C23H19FN2O3. The van der Waals surface area contributed by atoms with Gasteiger partial charge in [-0.2, -0.15) is 0 Å².